The van der Waals surface area contributed by atoms with Gasteiger partial charge >= 0.3 is 0 Å². The van der Waals surface area contributed by atoms with E-state index in [1.54, 1.807) is 0 Å². The molecule has 2 aromatic rings. The summed E-state index contributed by atoms with van der Waals surface area (Å²) in [5, 5.41) is 2.81. The fourth-order valence-electron chi connectivity index (χ4n) is 5.52. The summed E-state index contributed by atoms with van der Waals surface area (Å²) >= 11 is 0. The molecule has 0 saturated heterocycles. The molecule has 1 nitrogen and oxygen atoms in total. The van der Waals surface area contributed by atoms with Crippen molar-refractivity contribution in [1.29, 1.82) is 0 Å². The van der Waals surface area contributed by atoms with Gasteiger partial charge in [0, 0.05) is 0 Å². The van der Waals surface area contributed by atoms with Crippen molar-refractivity contribution in [2.75, 3.05) is 0 Å². The monoisotopic (exact) mass is 463 g/mol. The molecule has 1 aliphatic carbocycles. The summed E-state index contributed by atoms with van der Waals surface area (Å²) in [6, 6.07) is 22.2. The zero-order chi connectivity index (χ0) is 23.7. The first-order chi connectivity index (χ1) is 15.9. The summed E-state index contributed by atoms with van der Waals surface area (Å²) < 4.78 is 7.35. The predicted molar refractivity (Wildman–Crippen MR) is 146 cm³/mol. The minimum absolute atomic E-state index is 0.0393. The third-order valence-corrected chi connectivity index (χ3v) is 12.6. The number of hydrogen-bond donors (Lipinski definition) is 0. The highest BCUT2D eigenvalue weighted by Gasteiger charge is 2.52. The lowest BCUT2D eigenvalue weighted by molar-refractivity contribution is 0.268. The summed E-state index contributed by atoms with van der Waals surface area (Å²) in [4.78, 5) is 0. The topological polar surface area (TPSA) is 9.23 Å². The van der Waals surface area contributed by atoms with Gasteiger partial charge in [-0.25, -0.2) is 0 Å². The molecular formula is C31H47OSi. The fourth-order valence-corrected chi connectivity index (χ4v) is 10.1. The molecule has 181 valence electrons. The van der Waals surface area contributed by atoms with Crippen molar-refractivity contribution >= 4 is 18.7 Å². The summed E-state index contributed by atoms with van der Waals surface area (Å²) in [6.07, 6.45) is 14.8. The van der Waals surface area contributed by atoms with Gasteiger partial charge in [0.1, 0.15) is 0 Å². The largest absolute Gasteiger partial charge is 0.399 e. The Kier molecular flexibility index (Phi) is 9.82. The van der Waals surface area contributed by atoms with Crippen LogP contribution in [0.1, 0.15) is 98.8 Å². The minimum Gasteiger partial charge on any atom is -0.399 e. The van der Waals surface area contributed by atoms with Crippen LogP contribution in [-0.2, 0) is 4.43 Å². The maximum absolute atomic E-state index is 7.35. The van der Waals surface area contributed by atoms with Crippen molar-refractivity contribution in [3.8, 4) is 0 Å². The van der Waals surface area contributed by atoms with Crippen LogP contribution in [-0.4, -0.2) is 8.32 Å². The SMILES string of the molecule is CCCCCCCCC1CC1C[C](CC)O[Si](c1ccccc1)(c1ccccc1)C(C)(C)C. The fraction of sp³-hybridized carbons (Fsp3) is 0.581. The Balaban J connectivity index is 1.71. The molecule has 1 saturated carbocycles. The second-order valence-corrected chi connectivity index (χ2v) is 15.4. The van der Waals surface area contributed by atoms with Gasteiger partial charge in [-0.2, -0.15) is 0 Å². The Labute approximate surface area is 205 Å². The average molecular weight is 464 g/mol. The van der Waals surface area contributed by atoms with Crippen LogP contribution in [0.2, 0.25) is 5.04 Å². The summed E-state index contributed by atoms with van der Waals surface area (Å²) in [5.41, 5.74) is 0. The second-order valence-electron chi connectivity index (χ2n) is 11.2. The third kappa shape index (κ3) is 6.82. The average Bonchev–Trinajstić information content (AvgIpc) is 3.56. The van der Waals surface area contributed by atoms with E-state index >= 15 is 0 Å². The first kappa shape index (κ1) is 26.2. The van der Waals surface area contributed by atoms with Gasteiger partial charge in [-0.15, -0.1) is 0 Å². The van der Waals surface area contributed by atoms with Crippen molar-refractivity contribution in [1.82, 2.24) is 0 Å². The van der Waals surface area contributed by atoms with Gasteiger partial charge < -0.3 is 4.43 Å². The van der Waals surface area contributed by atoms with Crippen LogP contribution >= 0.6 is 0 Å². The van der Waals surface area contributed by atoms with Crippen molar-refractivity contribution in [2.45, 2.75) is 104 Å². The van der Waals surface area contributed by atoms with Gasteiger partial charge in [-0.1, -0.05) is 140 Å². The van der Waals surface area contributed by atoms with E-state index in [0.717, 1.165) is 24.7 Å². The van der Waals surface area contributed by atoms with Crippen molar-refractivity contribution < 1.29 is 4.43 Å². The van der Waals surface area contributed by atoms with Gasteiger partial charge in [-0.3, -0.25) is 0 Å². The van der Waals surface area contributed by atoms with E-state index in [9.17, 15) is 0 Å². The van der Waals surface area contributed by atoms with E-state index in [1.165, 1.54) is 67.8 Å². The molecular weight excluding hydrogens is 416 g/mol. The highest BCUT2D eigenvalue weighted by Crippen LogP contribution is 2.49. The molecule has 2 unspecified atom stereocenters. The smallest absolute Gasteiger partial charge is 0.261 e. The van der Waals surface area contributed by atoms with Crippen molar-refractivity contribution in [3.63, 3.8) is 0 Å². The van der Waals surface area contributed by atoms with Crippen LogP contribution < -0.4 is 10.4 Å². The number of benzene rings is 2. The van der Waals surface area contributed by atoms with Gasteiger partial charge in [0.15, 0.2) is 0 Å². The van der Waals surface area contributed by atoms with Crippen LogP contribution in [0.5, 0.6) is 0 Å². The van der Waals surface area contributed by atoms with E-state index in [4.69, 9.17) is 4.43 Å². The molecule has 1 fully saturated rings. The van der Waals surface area contributed by atoms with Crippen LogP contribution in [0.25, 0.3) is 0 Å². The molecule has 0 bridgehead atoms. The van der Waals surface area contributed by atoms with E-state index in [2.05, 4.69) is 95.3 Å². The standard InChI is InChI=1S/C31H47OSi/c1-6-8-9-10-11-14-19-26-24-27(26)25-28(7-2)32-33(31(3,4)5,29-20-15-12-16-21-29)30-22-17-13-18-23-30/h12-13,15-18,20-23,26-27H,6-11,14,19,24-25H2,1-5H3. The highest BCUT2D eigenvalue weighted by atomic mass is 28.4. The van der Waals surface area contributed by atoms with Gasteiger partial charge in [0.05, 0.1) is 6.10 Å². The first-order valence-electron chi connectivity index (χ1n) is 13.6. The molecule has 1 radical (unpaired) electrons. The van der Waals surface area contributed by atoms with Crippen LogP contribution in [0.3, 0.4) is 0 Å². The molecule has 0 amide bonds. The molecule has 0 aliphatic heterocycles. The number of rotatable bonds is 14. The van der Waals surface area contributed by atoms with Crippen LogP contribution in [0.15, 0.2) is 60.7 Å². The molecule has 0 N–H and O–H groups in total. The van der Waals surface area contributed by atoms with Crippen LogP contribution in [0.4, 0.5) is 0 Å². The zero-order valence-electron chi connectivity index (χ0n) is 21.9. The quantitative estimate of drug-likeness (QED) is 0.202. The van der Waals surface area contributed by atoms with E-state index < -0.39 is 8.32 Å². The van der Waals surface area contributed by atoms with Gasteiger partial charge in [0.2, 0.25) is 0 Å². The van der Waals surface area contributed by atoms with Crippen LogP contribution in [0, 0.1) is 17.9 Å². The molecule has 1 aliphatic rings. The Hall–Kier alpha value is -1.38. The van der Waals surface area contributed by atoms with E-state index in [1.807, 2.05) is 0 Å². The Morgan fingerprint density at radius 3 is 1.85 bits per heavy atom. The molecule has 0 spiro atoms. The Morgan fingerprint density at radius 2 is 1.33 bits per heavy atom. The highest BCUT2D eigenvalue weighted by molar-refractivity contribution is 6.99. The third-order valence-electron chi connectivity index (χ3n) is 7.60. The van der Waals surface area contributed by atoms with E-state index in [0.29, 0.717) is 0 Å². The van der Waals surface area contributed by atoms with Gasteiger partial charge in [-0.05, 0) is 46.5 Å². The number of unbranched alkanes of at least 4 members (excludes halogenated alkanes) is 5. The maximum atomic E-state index is 7.35. The summed E-state index contributed by atoms with van der Waals surface area (Å²) in [5.74, 6) is 1.77. The molecule has 33 heavy (non-hydrogen) atoms. The molecule has 0 aromatic heterocycles. The lowest BCUT2D eigenvalue weighted by Crippen LogP contribution is -2.66. The first-order valence-corrected chi connectivity index (χ1v) is 15.5. The van der Waals surface area contributed by atoms with Gasteiger partial charge in [0.25, 0.3) is 8.32 Å². The maximum Gasteiger partial charge on any atom is 0.261 e. The van der Waals surface area contributed by atoms with Crippen molar-refractivity contribution in [2.24, 2.45) is 11.8 Å². The molecule has 0 heterocycles. The molecule has 2 heteroatoms. The Bertz CT molecular complexity index is 755. The summed E-state index contributed by atoms with van der Waals surface area (Å²) in [6.45, 7) is 11.7. The summed E-state index contributed by atoms with van der Waals surface area (Å²) in [7, 11) is -2.48. The lowest BCUT2D eigenvalue weighted by atomic mass is 10.0. The van der Waals surface area contributed by atoms with Crippen molar-refractivity contribution in [3.05, 3.63) is 66.8 Å². The molecule has 2 atom stereocenters. The minimum atomic E-state index is -2.48. The zero-order valence-corrected chi connectivity index (χ0v) is 22.9. The normalized spacial score (nSPS) is 18.6. The number of hydrogen-bond acceptors (Lipinski definition) is 1. The molecule has 3 rings (SSSR count). The molecule has 2 aromatic carbocycles. The van der Waals surface area contributed by atoms with E-state index in [-0.39, 0.29) is 5.04 Å². The Morgan fingerprint density at radius 1 is 0.788 bits per heavy atom. The second kappa shape index (κ2) is 12.4. The predicted octanol–water partition coefficient (Wildman–Crippen LogP) is 8.28. The lowest BCUT2D eigenvalue weighted by Gasteiger charge is -2.45.